The normalized spacial score (nSPS) is 12.4. The van der Waals surface area contributed by atoms with Crippen molar-refractivity contribution in [3.8, 4) is 11.8 Å². The maximum Gasteiger partial charge on any atom is 0.225 e. The molecule has 0 bridgehead atoms. The van der Waals surface area contributed by atoms with E-state index in [0.29, 0.717) is 12.4 Å². The number of rotatable bonds is 7. The van der Waals surface area contributed by atoms with Crippen LogP contribution in [0.4, 0.5) is 4.39 Å². The molecule has 0 spiro atoms. The monoisotopic (exact) mass is 348 g/mol. The largest absolute Gasteiger partial charge is 0.489 e. The van der Waals surface area contributed by atoms with Gasteiger partial charge in [0.05, 0.1) is 6.07 Å². The van der Waals surface area contributed by atoms with Crippen LogP contribution in [0.2, 0.25) is 0 Å². The fourth-order valence-electron chi connectivity index (χ4n) is 2.06. The molecule has 0 saturated heterocycles. The van der Waals surface area contributed by atoms with Gasteiger partial charge in [-0.2, -0.15) is 5.26 Å². The summed E-state index contributed by atoms with van der Waals surface area (Å²) in [4.78, 5) is 0. The molecule has 0 radical (unpaired) electrons. The maximum absolute atomic E-state index is 12.8. The van der Waals surface area contributed by atoms with Crippen LogP contribution in [0.5, 0.6) is 5.75 Å². The average molecular weight is 348 g/mol. The van der Waals surface area contributed by atoms with E-state index in [1.54, 1.807) is 49.4 Å². The van der Waals surface area contributed by atoms with Crippen LogP contribution in [0, 0.1) is 17.1 Å². The second-order valence-corrected chi connectivity index (χ2v) is 6.99. The topological polar surface area (TPSA) is 79.2 Å². The van der Waals surface area contributed by atoms with Gasteiger partial charge in [0.1, 0.15) is 18.2 Å². The van der Waals surface area contributed by atoms with E-state index >= 15 is 0 Å². The number of nitrogens with zero attached hydrogens (tertiary/aromatic N) is 1. The van der Waals surface area contributed by atoms with E-state index in [0.717, 1.165) is 11.1 Å². The number of ether oxygens (including phenoxy) is 1. The molecule has 126 valence electrons. The van der Waals surface area contributed by atoms with Gasteiger partial charge in [0.25, 0.3) is 0 Å². The summed E-state index contributed by atoms with van der Waals surface area (Å²) in [5.74, 6) is -0.248. The van der Waals surface area contributed by atoms with Gasteiger partial charge in [-0.25, -0.2) is 17.5 Å². The first-order valence-corrected chi connectivity index (χ1v) is 8.89. The number of nitriles is 1. The summed E-state index contributed by atoms with van der Waals surface area (Å²) in [6.45, 7) is 2.01. The van der Waals surface area contributed by atoms with Gasteiger partial charge in [-0.05, 0) is 42.3 Å². The number of hydrogen-bond donors (Lipinski definition) is 1. The number of hydrogen-bond acceptors (Lipinski definition) is 4. The third-order valence-electron chi connectivity index (χ3n) is 3.31. The Labute approximate surface area is 140 Å². The highest BCUT2D eigenvalue weighted by Gasteiger charge is 2.15. The van der Waals surface area contributed by atoms with Crippen molar-refractivity contribution < 1.29 is 17.5 Å². The lowest BCUT2D eigenvalue weighted by Gasteiger charge is -2.14. The van der Waals surface area contributed by atoms with Crippen LogP contribution in [0.15, 0.2) is 48.5 Å². The van der Waals surface area contributed by atoms with Gasteiger partial charge in [0.15, 0.2) is 5.75 Å². The zero-order chi connectivity index (χ0) is 17.6. The van der Waals surface area contributed by atoms with Gasteiger partial charge in [-0.3, -0.25) is 0 Å². The van der Waals surface area contributed by atoms with Crippen LogP contribution in [-0.2, 0) is 16.6 Å². The third-order valence-corrected chi connectivity index (χ3v) is 4.53. The molecule has 0 heterocycles. The van der Waals surface area contributed by atoms with Gasteiger partial charge in [-0.1, -0.05) is 24.3 Å². The molecule has 0 fully saturated rings. The fraction of sp³-hybridized carbons (Fsp3) is 0.235. The molecule has 5 nitrogen and oxygen atoms in total. The predicted molar refractivity (Wildman–Crippen MR) is 88.1 cm³/mol. The summed E-state index contributed by atoms with van der Waals surface area (Å²) < 4.78 is 44.0. The molecule has 0 aliphatic heterocycles. The lowest BCUT2D eigenvalue weighted by atomic mass is 10.1. The van der Waals surface area contributed by atoms with Crippen molar-refractivity contribution in [1.29, 1.82) is 5.26 Å². The van der Waals surface area contributed by atoms with Crippen molar-refractivity contribution in [2.75, 3.05) is 5.75 Å². The molecule has 0 aliphatic rings. The Kier molecular flexibility index (Phi) is 5.90. The second-order valence-electron chi connectivity index (χ2n) is 5.24. The van der Waals surface area contributed by atoms with Crippen LogP contribution in [0.3, 0.4) is 0 Å². The zero-order valence-corrected chi connectivity index (χ0v) is 13.9. The molecule has 1 atom stereocenters. The highest BCUT2D eigenvalue weighted by atomic mass is 32.2. The molecular formula is C17H17FN2O3S. The molecule has 0 aliphatic carbocycles. The van der Waals surface area contributed by atoms with Gasteiger partial charge >= 0.3 is 0 Å². The van der Waals surface area contributed by atoms with Crippen molar-refractivity contribution >= 4 is 10.0 Å². The first-order valence-electron chi connectivity index (χ1n) is 7.24. The quantitative estimate of drug-likeness (QED) is 0.834. The predicted octanol–water partition coefficient (Wildman–Crippen LogP) is 2.91. The average Bonchev–Trinajstić information content (AvgIpc) is 2.54. The Morgan fingerprint density at radius 1 is 1.17 bits per heavy atom. The van der Waals surface area contributed by atoms with Gasteiger partial charge in [0.2, 0.25) is 10.0 Å². The summed E-state index contributed by atoms with van der Waals surface area (Å²) in [7, 11) is -3.61. The number of sulfonamides is 1. The molecule has 7 heteroatoms. The standard InChI is InChI=1S/C17H17FN2O3S/c1-13(20-24(21,22)11-10-19)15-4-8-17(9-5-15)23-12-14-2-6-16(18)7-3-14/h2-9,13,20H,11-12H2,1H3/t13-/m0/s1. The summed E-state index contributed by atoms with van der Waals surface area (Å²) in [5, 5.41) is 8.48. The van der Waals surface area contributed by atoms with Crippen molar-refractivity contribution in [3.05, 3.63) is 65.5 Å². The van der Waals surface area contributed by atoms with Gasteiger partial charge in [0, 0.05) is 6.04 Å². The van der Waals surface area contributed by atoms with E-state index in [2.05, 4.69) is 4.72 Å². The maximum atomic E-state index is 12.8. The van der Waals surface area contributed by atoms with E-state index in [9.17, 15) is 12.8 Å². The summed E-state index contributed by atoms with van der Waals surface area (Å²) in [5.41, 5.74) is 1.60. The molecular weight excluding hydrogens is 331 g/mol. The van der Waals surface area contributed by atoms with E-state index in [-0.39, 0.29) is 5.82 Å². The SMILES string of the molecule is C[C@H](NS(=O)(=O)CC#N)c1ccc(OCc2ccc(F)cc2)cc1. The molecule has 0 unspecified atom stereocenters. The van der Waals surface area contributed by atoms with Crippen molar-refractivity contribution in [1.82, 2.24) is 4.72 Å². The Morgan fingerprint density at radius 2 is 1.79 bits per heavy atom. The molecule has 2 aromatic rings. The van der Waals surface area contributed by atoms with Crippen molar-refractivity contribution in [2.24, 2.45) is 0 Å². The molecule has 0 aromatic heterocycles. The first-order chi connectivity index (χ1) is 11.4. The van der Waals surface area contributed by atoms with Crippen LogP contribution < -0.4 is 9.46 Å². The first kappa shape index (κ1) is 17.9. The van der Waals surface area contributed by atoms with Crippen molar-refractivity contribution in [3.63, 3.8) is 0 Å². The van der Waals surface area contributed by atoms with Gasteiger partial charge in [-0.15, -0.1) is 0 Å². The van der Waals surface area contributed by atoms with Crippen LogP contribution in [0.1, 0.15) is 24.1 Å². The van der Waals surface area contributed by atoms with Crippen molar-refractivity contribution in [2.45, 2.75) is 19.6 Å². The fourth-order valence-corrected chi connectivity index (χ4v) is 2.99. The van der Waals surface area contributed by atoms with Crippen LogP contribution in [-0.4, -0.2) is 14.2 Å². The second kappa shape index (κ2) is 7.90. The molecule has 2 aromatic carbocycles. The highest BCUT2D eigenvalue weighted by Crippen LogP contribution is 2.19. The molecule has 0 amide bonds. The molecule has 0 saturated carbocycles. The summed E-state index contributed by atoms with van der Waals surface area (Å²) in [6, 6.07) is 14.2. The highest BCUT2D eigenvalue weighted by molar-refractivity contribution is 7.89. The minimum atomic E-state index is -3.61. The lowest BCUT2D eigenvalue weighted by Crippen LogP contribution is -2.28. The molecule has 24 heavy (non-hydrogen) atoms. The van der Waals surface area contributed by atoms with E-state index < -0.39 is 21.8 Å². The van der Waals surface area contributed by atoms with Gasteiger partial charge < -0.3 is 4.74 Å². The lowest BCUT2D eigenvalue weighted by molar-refractivity contribution is 0.306. The minimum absolute atomic E-state index is 0.295. The number of benzene rings is 2. The van der Waals surface area contributed by atoms with E-state index in [1.165, 1.54) is 12.1 Å². The Bertz CT molecular complexity index is 812. The minimum Gasteiger partial charge on any atom is -0.489 e. The Balaban J connectivity index is 1.95. The smallest absolute Gasteiger partial charge is 0.225 e. The summed E-state index contributed by atoms with van der Waals surface area (Å²) in [6.07, 6.45) is 0. The Hall–Kier alpha value is -2.43. The zero-order valence-electron chi connectivity index (χ0n) is 13.1. The molecule has 2 rings (SSSR count). The molecule has 1 N–H and O–H groups in total. The van der Waals surface area contributed by atoms with E-state index in [1.807, 2.05) is 0 Å². The number of halogens is 1. The third kappa shape index (κ3) is 5.33. The van der Waals surface area contributed by atoms with E-state index in [4.69, 9.17) is 10.00 Å². The number of nitrogens with one attached hydrogen (secondary N) is 1. The van der Waals surface area contributed by atoms with Crippen LogP contribution >= 0.6 is 0 Å². The van der Waals surface area contributed by atoms with Crippen LogP contribution in [0.25, 0.3) is 0 Å². The summed E-state index contributed by atoms with van der Waals surface area (Å²) >= 11 is 0. The Morgan fingerprint density at radius 3 is 2.38 bits per heavy atom.